The molecule has 3 atom stereocenters. The van der Waals surface area contributed by atoms with Crippen LogP contribution in [0.5, 0.6) is 0 Å². The van der Waals surface area contributed by atoms with E-state index in [1.807, 2.05) is 54.7 Å². The van der Waals surface area contributed by atoms with Gasteiger partial charge in [-0.15, -0.1) is 0 Å². The van der Waals surface area contributed by atoms with Gasteiger partial charge in [0.05, 0.1) is 25.2 Å². The molecule has 0 saturated carbocycles. The van der Waals surface area contributed by atoms with Gasteiger partial charge in [0.1, 0.15) is 6.10 Å². The third kappa shape index (κ3) is 42.0. The van der Waals surface area contributed by atoms with Gasteiger partial charge in [-0.3, -0.25) is 9.59 Å². The van der Waals surface area contributed by atoms with Crippen molar-refractivity contribution in [3.05, 3.63) is 72.9 Å². The van der Waals surface area contributed by atoms with Gasteiger partial charge in [-0.1, -0.05) is 229 Å². The Kier molecular flexibility index (Phi) is 45.2. The number of hydrogen-bond donors (Lipinski definition) is 3. The van der Waals surface area contributed by atoms with Crippen LogP contribution in [0.1, 0.15) is 233 Å². The number of allylic oxidation sites excluding steroid dienone is 12. The first-order valence-corrected chi connectivity index (χ1v) is 25.2. The van der Waals surface area contributed by atoms with Crippen molar-refractivity contribution in [3.8, 4) is 0 Å². The maximum absolute atomic E-state index is 13.2. The second-order valence-corrected chi connectivity index (χ2v) is 17.0. The summed E-state index contributed by atoms with van der Waals surface area (Å²) in [5.41, 5.74) is 0. The summed E-state index contributed by atoms with van der Waals surface area (Å²) >= 11 is 0. The molecule has 6 heteroatoms. The Morgan fingerprint density at radius 1 is 0.500 bits per heavy atom. The first-order valence-electron chi connectivity index (χ1n) is 25.2. The second kappa shape index (κ2) is 47.4. The first-order chi connectivity index (χ1) is 29.5. The minimum atomic E-state index is -0.804. The lowest BCUT2D eigenvalue weighted by Gasteiger charge is -2.24. The number of esters is 1. The smallest absolute Gasteiger partial charge is 0.306 e. The summed E-state index contributed by atoms with van der Waals surface area (Å²) in [4.78, 5) is 26.1. The molecule has 0 aromatic carbocycles. The van der Waals surface area contributed by atoms with Crippen LogP contribution in [0.3, 0.4) is 0 Å². The van der Waals surface area contributed by atoms with Crippen molar-refractivity contribution >= 4 is 11.9 Å². The summed E-state index contributed by atoms with van der Waals surface area (Å²) in [6.07, 6.45) is 59.6. The molecule has 0 fully saturated rings. The summed E-state index contributed by atoms with van der Waals surface area (Å²) in [7, 11) is 0. The summed E-state index contributed by atoms with van der Waals surface area (Å²) < 4.78 is 5.88. The Morgan fingerprint density at radius 3 is 1.42 bits per heavy atom. The molecular weight excluding hydrogens is 743 g/mol. The van der Waals surface area contributed by atoms with E-state index in [0.29, 0.717) is 25.7 Å². The van der Waals surface area contributed by atoms with Gasteiger partial charge in [0.25, 0.3) is 0 Å². The van der Waals surface area contributed by atoms with Gasteiger partial charge in [-0.2, -0.15) is 0 Å². The molecule has 1 amide bonds. The number of aliphatic hydroxyl groups excluding tert-OH is 2. The molecule has 0 rings (SSSR count). The predicted molar refractivity (Wildman–Crippen MR) is 259 cm³/mol. The zero-order chi connectivity index (χ0) is 43.8. The molecule has 60 heavy (non-hydrogen) atoms. The number of nitrogens with one attached hydrogen (secondary N) is 1. The standard InChI is InChI=1S/C54H95NO5/c1-4-7-10-13-16-19-22-25-26-29-31-34-37-40-43-46-52(57)51(49-56)55-53(58)48-50(45-42-39-36-33-30-27-23-20-17-14-11-8-5-2)60-54(59)47-44-41-38-35-32-28-24-21-18-15-12-9-6-3/h9,12,15,18,20-21,23-24,28,32,35,38,50-52,56-57H,4-8,10-11,13-14,16-17,19,22,25-27,29-31,33-34,36-37,39-49H2,1-3H3,(H,55,58)/b12-9+,18-15+,23-20-,24-21-,32-28-,38-35+. The first kappa shape index (κ1) is 57.3. The summed E-state index contributed by atoms with van der Waals surface area (Å²) in [6, 6.07) is -0.721. The van der Waals surface area contributed by atoms with Crippen LogP contribution in [-0.2, 0) is 14.3 Å². The molecule has 3 unspecified atom stereocenters. The molecule has 0 heterocycles. The quantitative estimate of drug-likeness (QED) is 0.0246. The number of hydrogen-bond acceptors (Lipinski definition) is 5. The van der Waals surface area contributed by atoms with Crippen LogP contribution >= 0.6 is 0 Å². The van der Waals surface area contributed by atoms with Crippen LogP contribution in [-0.4, -0.2) is 46.9 Å². The average molecular weight is 838 g/mol. The zero-order valence-electron chi connectivity index (χ0n) is 39.3. The van der Waals surface area contributed by atoms with E-state index in [2.05, 4.69) is 44.3 Å². The van der Waals surface area contributed by atoms with Crippen LogP contribution in [0.15, 0.2) is 72.9 Å². The van der Waals surface area contributed by atoms with Crippen molar-refractivity contribution in [3.63, 3.8) is 0 Å². The molecule has 0 aliphatic carbocycles. The van der Waals surface area contributed by atoms with E-state index in [-0.39, 0.29) is 24.9 Å². The van der Waals surface area contributed by atoms with Crippen LogP contribution in [0.4, 0.5) is 0 Å². The van der Waals surface area contributed by atoms with Crippen LogP contribution in [0, 0.1) is 0 Å². The molecule has 0 bridgehead atoms. The second-order valence-electron chi connectivity index (χ2n) is 17.0. The van der Waals surface area contributed by atoms with Crippen LogP contribution in [0.25, 0.3) is 0 Å². The van der Waals surface area contributed by atoms with Crippen LogP contribution in [0.2, 0.25) is 0 Å². The van der Waals surface area contributed by atoms with Crippen molar-refractivity contribution in [1.29, 1.82) is 0 Å². The molecule has 346 valence electrons. The Bertz CT molecular complexity index is 1120. The lowest BCUT2D eigenvalue weighted by Crippen LogP contribution is -2.46. The fraction of sp³-hybridized carbons (Fsp3) is 0.741. The van der Waals surface area contributed by atoms with Gasteiger partial charge in [0, 0.05) is 6.42 Å². The lowest BCUT2D eigenvalue weighted by molar-refractivity contribution is -0.151. The van der Waals surface area contributed by atoms with Crippen molar-refractivity contribution in [2.24, 2.45) is 0 Å². The number of ether oxygens (including phenoxy) is 1. The summed E-state index contributed by atoms with van der Waals surface area (Å²) in [6.45, 7) is 6.31. The fourth-order valence-electron chi connectivity index (χ4n) is 7.34. The molecular formula is C54H95NO5. The van der Waals surface area contributed by atoms with Gasteiger partial charge in [0.15, 0.2) is 0 Å². The molecule has 0 aliphatic rings. The van der Waals surface area contributed by atoms with E-state index >= 15 is 0 Å². The minimum Gasteiger partial charge on any atom is -0.462 e. The summed E-state index contributed by atoms with van der Waals surface area (Å²) in [5, 5.41) is 23.7. The molecule has 0 aromatic heterocycles. The van der Waals surface area contributed by atoms with E-state index < -0.39 is 18.2 Å². The van der Waals surface area contributed by atoms with E-state index in [1.165, 1.54) is 122 Å². The van der Waals surface area contributed by atoms with Gasteiger partial charge >= 0.3 is 5.97 Å². The molecule has 0 aliphatic heterocycles. The number of unbranched alkanes of at least 4 members (excludes halogenated alkanes) is 24. The number of carbonyl (C=O) groups excluding carboxylic acids is 2. The highest BCUT2D eigenvalue weighted by molar-refractivity contribution is 5.77. The number of carbonyl (C=O) groups is 2. The number of aliphatic hydroxyl groups is 2. The maximum atomic E-state index is 13.2. The van der Waals surface area contributed by atoms with Crippen molar-refractivity contribution in [2.45, 2.75) is 251 Å². The molecule has 0 spiro atoms. The topological polar surface area (TPSA) is 95.9 Å². The van der Waals surface area contributed by atoms with Gasteiger partial charge in [0.2, 0.25) is 5.91 Å². The Hall–Kier alpha value is -2.70. The third-order valence-corrected chi connectivity index (χ3v) is 11.1. The predicted octanol–water partition coefficient (Wildman–Crippen LogP) is 15.0. The minimum absolute atomic E-state index is 0.0409. The Labute approximate surface area is 371 Å². The normalized spacial score (nSPS) is 13.9. The van der Waals surface area contributed by atoms with Gasteiger partial charge in [-0.25, -0.2) is 0 Å². The monoisotopic (exact) mass is 838 g/mol. The lowest BCUT2D eigenvalue weighted by atomic mass is 10.0. The van der Waals surface area contributed by atoms with E-state index in [1.54, 1.807) is 0 Å². The van der Waals surface area contributed by atoms with Crippen molar-refractivity contribution < 1.29 is 24.5 Å². The third-order valence-electron chi connectivity index (χ3n) is 11.1. The fourth-order valence-corrected chi connectivity index (χ4v) is 7.34. The Balaban J connectivity index is 4.66. The molecule has 3 N–H and O–H groups in total. The van der Waals surface area contributed by atoms with E-state index in [4.69, 9.17) is 4.74 Å². The zero-order valence-corrected chi connectivity index (χ0v) is 39.3. The van der Waals surface area contributed by atoms with Gasteiger partial charge in [-0.05, 0) is 64.2 Å². The van der Waals surface area contributed by atoms with E-state index in [0.717, 1.165) is 57.8 Å². The molecule has 0 aromatic rings. The number of rotatable bonds is 44. The number of amides is 1. The summed E-state index contributed by atoms with van der Waals surface area (Å²) in [5.74, 6) is -0.572. The van der Waals surface area contributed by atoms with Crippen LogP contribution < -0.4 is 5.32 Å². The largest absolute Gasteiger partial charge is 0.462 e. The highest BCUT2D eigenvalue weighted by Crippen LogP contribution is 2.17. The maximum Gasteiger partial charge on any atom is 0.306 e. The van der Waals surface area contributed by atoms with Gasteiger partial charge < -0.3 is 20.3 Å². The SMILES string of the molecule is CC/C=C/C=C/C=C\C=C/C=C/CCCC(=O)OC(CCCCCCC/C=C\CCCCCC)CC(=O)NC(CO)C(O)CCCCCCCCCCCCCCCCC. The Morgan fingerprint density at radius 2 is 0.917 bits per heavy atom. The molecule has 0 saturated heterocycles. The molecule has 0 radical (unpaired) electrons. The highest BCUT2D eigenvalue weighted by Gasteiger charge is 2.24. The molecule has 6 nitrogen and oxygen atoms in total. The average Bonchev–Trinajstić information content (AvgIpc) is 3.24. The highest BCUT2D eigenvalue weighted by atomic mass is 16.5. The van der Waals surface area contributed by atoms with Crippen molar-refractivity contribution in [2.75, 3.05) is 6.61 Å². The van der Waals surface area contributed by atoms with E-state index in [9.17, 15) is 19.8 Å². The van der Waals surface area contributed by atoms with Crippen molar-refractivity contribution in [1.82, 2.24) is 5.32 Å².